The summed E-state index contributed by atoms with van der Waals surface area (Å²) in [6, 6.07) is 7.09. The molecule has 4 saturated heterocycles. The molecular weight excluding hydrogens is 657 g/mol. The van der Waals surface area contributed by atoms with Crippen LogP contribution in [0, 0.1) is 23.7 Å². The zero-order chi connectivity index (χ0) is 34.7. The van der Waals surface area contributed by atoms with Crippen molar-refractivity contribution in [1.82, 2.24) is 10.6 Å². The number of alkyl carbamates (subject to hydrolysis) is 1. The van der Waals surface area contributed by atoms with E-state index >= 15 is 0 Å². The Labute approximate surface area is 296 Å². The molecule has 0 aromatic heterocycles. The molecule has 9 unspecified atom stereocenters. The zero-order valence-electron chi connectivity index (χ0n) is 29.4. The predicted octanol–water partition coefficient (Wildman–Crippen LogP) is 6.55. The number of halogens is 2. The fraction of sp³-hybridized carbons (Fsp3) is 0.778. The van der Waals surface area contributed by atoms with Crippen LogP contribution in [0.4, 0.5) is 10.5 Å². The lowest BCUT2D eigenvalue weighted by Gasteiger charge is -2.60. The third kappa shape index (κ3) is 8.37. The second kappa shape index (κ2) is 15.6. The number of rotatable bonds is 13. The Bertz CT molecular complexity index is 1240. The highest BCUT2D eigenvalue weighted by molar-refractivity contribution is 6.18. The minimum atomic E-state index is -0.814. The summed E-state index contributed by atoms with van der Waals surface area (Å²) < 4.78 is 18.7. The maximum atomic E-state index is 13.5. The predicted molar refractivity (Wildman–Crippen MR) is 186 cm³/mol. The molecule has 2 amide bonds. The van der Waals surface area contributed by atoms with Crippen molar-refractivity contribution < 1.29 is 33.6 Å². The number of nitrogens with one attached hydrogen (secondary N) is 2. The molecule has 48 heavy (non-hydrogen) atoms. The molecule has 10 nitrogen and oxygen atoms in total. The van der Waals surface area contributed by atoms with Gasteiger partial charge in [0.05, 0.1) is 6.10 Å². The lowest BCUT2D eigenvalue weighted by molar-refractivity contribution is -0.571. The molecule has 5 fully saturated rings. The van der Waals surface area contributed by atoms with Gasteiger partial charge >= 0.3 is 6.09 Å². The van der Waals surface area contributed by atoms with Gasteiger partial charge in [-0.3, -0.25) is 4.79 Å². The summed E-state index contributed by atoms with van der Waals surface area (Å²) in [6.45, 7) is 13.7. The number of carbonyl (C=O) groups is 2. The molecule has 9 atom stereocenters. The molecule has 1 aromatic carbocycles. The molecule has 12 heteroatoms. The van der Waals surface area contributed by atoms with Gasteiger partial charge in [0.15, 0.2) is 11.9 Å². The first-order chi connectivity index (χ1) is 22.8. The molecule has 4 heterocycles. The van der Waals surface area contributed by atoms with Gasteiger partial charge in [0.2, 0.25) is 11.7 Å². The van der Waals surface area contributed by atoms with Gasteiger partial charge in [-0.25, -0.2) is 14.6 Å². The van der Waals surface area contributed by atoms with Crippen LogP contribution in [-0.4, -0.2) is 78.8 Å². The van der Waals surface area contributed by atoms with Crippen molar-refractivity contribution in [3.63, 3.8) is 0 Å². The summed E-state index contributed by atoms with van der Waals surface area (Å²) in [7, 11) is 0. The van der Waals surface area contributed by atoms with Crippen molar-refractivity contribution in [3.8, 4) is 0 Å². The first-order valence-corrected chi connectivity index (χ1v) is 18.8. The quantitative estimate of drug-likeness (QED) is 0.135. The SMILES string of the molecule is CC1CCC2C(C)C(CCCNC(=O)C(Cc3ccc(N(CCCl)CCCl)cc3)NC(=O)OC(C)(C)C)OC3OC4(C)CCC1C32OO4. The number of benzene rings is 1. The fourth-order valence-corrected chi connectivity index (χ4v) is 8.67. The average Bonchev–Trinajstić information content (AvgIpc) is 3.26. The summed E-state index contributed by atoms with van der Waals surface area (Å²) in [5, 5.41) is 5.85. The third-order valence-corrected chi connectivity index (χ3v) is 11.1. The lowest BCUT2D eigenvalue weighted by Crippen LogP contribution is -2.70. The minimum Gasteiger partial charge on any atom is -0.444 e. The lowest BCUT2D eigenvalue weighted by atomic mass is 9.57. The standard InChI is InChI=1S/C36H55Cl2N3O7/c1-23-9-14-28-24(2)30(44-32-36(28)27(23)15-16-35(6,45-32)47-48-36)8-7-19-39-31(42)29(40-33(43)46-34(3,4)5)22-25-10-12-26(13-11-25)41(20-17-37)21-18-38/h10-13,23-24,27-30,32H,7-9,14-22H2,1-6H3,(H,39,42)(H,40,43). The molecule has 270 valence electrons. The second-order valence-corrected chi connectivity index (χ2v) is 16.1. The molecule has 6 rings (SSSR count). The Morgan fingerprint density at radius 1 is 1.04 bits per heavy atom. The number of alkyl halides is 2. The highest BCUT2D eigenvalue weighted by Crippen LogP contribution is 2.60. The van der Waals surface area contributed by atoms with Crippen LogP contribution in [-0.2, 0) is 35.2 Å². The van der Waals surface area contributed by atoms with Crippen LogP contribution in [0.2, 0.25) is 0 Å². The Kier molecular flexibility index (Phi) is 12.2. The van der Waals surface area contributed by atoms with Crippen molar-refractivity contribution in [2.75, 3.05) is 36.3 Å². The summed E-state index contributed by atoms with van der Waals surface area (Å²) >= 11 is 12.0. The van der Waals surface area contributed by atoms with Gasteiger partial charge in [0.25, 0.3) is 0 Å². The smallest absolute Gasteiger partial charge is 0.408 e. The van der Waals surface area contributed by atoms with Gasteiger partial charge in [-0.1, -0.05) is 26.0 Å². The number of anilines is 1. The van der Waals surface area contributed by atoms with E-state index in [0.717, 1.165) is 43.4 Å². The van der Waals surface area contributed by atoms with E-state index < -0.39 is 35.4 Å². The first-order valence-electron chi connectivity index (χ1n) is 17.7. The van der Waals surface area contributed by atoms with Gasteiger partial charge in [0.1, 0.15) is 11.6 Å². The van der Waals surface area contributed by atoms with Gasteiger partial charge in [-0.05, 0) is 95.2 Å². The topological polar surface area (TPSA) is 108 Å². The number of carbonyl (C=O) groups excluding carboxylic acids is 2. The molecular formula is C36H55Cl2N3O7. The Morgan fingerprint density at radius 3 is 2.42 bits per heavy atom. The normalized spacial score (nSPS) is 33.2. The summed E-state index contributed by atoms with van der Waals surface area (Å²) in [6.07, 6.45) is 4.63. The Balaban J connectivity index is 1.20. The van der Waals surface area contributed by atoms with Crippen molar-refractivity contribution in [3.05, 3.63) is 29.8 Å². The van der Waals surface area contributed by atoms with Crippen LogP contribution in [0.3, 0.4) is 0 Å². The summed E-state index contributed by atoms with van der Waals surface area (Å²) in [4.78, 5) is 40.6. The number of hydrogen-bond acceptors (Lipinski definition) is 8. The van der Waals surface area contributed by atoms with Crippen LogP contribution >= 0.6 is 23.2 Å². The van der Waals surface area contributed by atoms with E-state index in [1.165, 1.54) is 0 Å². The highest BCUT2D eigenvalue weighted by Gasteiger charge is 2.69. The van der Waals surface area contributed by atoms with Crippen LogP contribution in [0.25, 0.3) is 0 Å². The highest BCUT2D eigenvalue weighted by atomic mass is 35.5. The van der Waals surface area contributed by atoms with E-state index in [4.69, 9.17) is 47.2 Å². The van der Waals surface area contributed by atoms with E-state index in [1.54, 1.807) is 20.8 Å². The Morgan fingerprint density at radius 2 is 1.75 bits per heavy atom. The number of ether oxygens (including phenoxy) is 3. The molecule has 1 spiro atoms. The van der Waals surface area contributed by atoms with E-state index in [0.29, 0.717) is 56.1 Å². The number of fused-ring (bicyclic) bond motifs is 2. The van der Waals surface area contributed by atoms with Crippen LogP contribution in [0.15, 0.2) is 24.3 Å². The summed E-state index contributed by atoms with van der Waals surface area (Å²) in [5.41, 5.74) is 0.632. The molecule has 5 aliphatic rings. The minimum absolute atomic E-state index is 0.0329. The average molecular weight is 713 g/mol. The van der Waals surface area contributed by atoms with Gasteiger partial charge < -0.3 is 29.7 Å². The monoisotopic (exact) mass is 711 g/mol. The summed E-state index contributed by atoms with van der Waals surface area (Å²) in [5.74, 6) is 1.27. The van der Waals surface area contributed by atoms with E-state index in [1.807, 2.05) is 31.2 Å². The Hall–Kier alpha value is -1.82. The molecule has 4 aliphatic heterocycles. The van der Waals surface area contributed by atoms with Crippen LogP contribution in [0.1, 0.15) is 85.6 Å². The molecule has 1 saturated carbocycles. The number of hydrogen-bond donors (Lipinski definition) is 2. The van der Waals surface area contributed by atoms with E-state index in [9.17, 15) is 9.59 Å². The van der Waals surface area contributed by atoms with E-state index in [2.05, 4.69) is 29.4 Å². The maximum Gasteiger partial charge on any atom is 0.408 e. The van der Waals surface area contributed by atoms with Crippen molar-refractivity contribution in [2.24, 2.45) is 23.7 Å². The van der Waals surface area contributed by atoms with Gasteiger partial charge in [0, 0.05) is 55.8 Å². The molecule has 2 N–H and O–H groups in total. The van der Waals surface area contributed by atoms with Crippen LogP contribution < -0.4 is 15.5 Å². The van der Waals surface area contributed by atoms with Crippen LogP contribution in [0.5, 0.6) is 0 Å². The molecule has 1 aromatic rings. The fourth-order valence-electron chi connectivity index (χ4n) is 8.26. The number of nitrogens with zero attached hydrogens (tertiary/aromatic N) is 1. The van der Waals surface area contributed by atoms with Gasteiger partial charge in [-0.2, -0.15) is 0 Å². The number of amides is 2. The molecule has 0 radical (unpaired) electrons. The third-order valence-electron chi connectivity index (χ3n) is 10.7. The van der Waals surface area contributed by atoms with Gasteiger partial charge in [-0.15, -0.1) is 23.2 Å². The molecule has 1 aliphatic carbocycles. The van der Waals surface area contributed by atoms with Crippen molar-refractivity contribution in [1.29, 1.82) is 0 Å². The second-order valence-electron chi connectivity index (χ2n) is 15.3. The van der Waals surface area contributed by atoms with Crippen molar-refractivity contribution >= 4 is 40.9 Å². The largest absolute Gasteiger partial charge is 0.444 e. The van der Waals surface area contributed by atoms with Crippen molar-refractivity contribution in [2.45, 2.75) is 122 Å². The maximum absolute atomic E-state index is 13.5. The first kappa shape index (κ1) is 37.4. The zero-order valence-corrected chi connectivity index (χ0v) is 30.9. The molecule has 2 bridgehead atoms. The van der Waals surface area contributed by atoms with E-state index in [-0.39, 0.29) is 23.8 Å².